The van der Waals surface area contributed by atoms with Crippen molar-refractivity contribution < 1.29 is 9.18 Å². The summed E-state index contributed by atoms with van der Waals surface area (Å²) in [5, 5.41) is 3.29. The molecule has 2 aromatic rings. The summed E-state index contributed by atoms with van der Waals surface area (Å²) in [6.07, 6.45) is 0.950. The maximum absolute atomic E-state index is 14.0. The minimum Gasteiger partial charge on any atom is -0.354 e. The van der Waals surface area contributed by atoms with Crippen LogP contribution in [0.4, 0.5) is 4.39 Å². The zero-order valence-electron chi connectivity index (χ0n) is 17.2. The quantitative estimate of drug-likeness (QED) is 0.730. The summed E-state index contributed by atoms with van der Waals surface area (Å²) in [6.45, 7) is 4.28. The lowest BCUT2D eigenvalue weighted by atomic mass is 9.93. The number of amides is 1. The van der Waals surface area contributed by atoms with Crippen molar-refractivity contribution in [3.63, 3.8) is 0 Å². The smallest absolute Gasteiger partial charge is 0.241 e. The van der Waals surface area contributed by atoms with Crippen molar-refractivity contribution in [3.05, 3.63) is 70.5 Å². The zero-order valence-corrected chi connectivity index (χ0v) is 18.0. The second kappa shape index (κ2) is 9.70. The molecule has 3 atom stereocenters. The van der Waals surface area contributed by atoms with Crippen LogP contribution in [0.25, 0.3) is 0 Å². The van der Waals surface area contributed by atoms with Crippen molar-refractivity contribution in [2.24, 2.45) is 5.92 Å². The maximum Gasteiger partial charge on any atom is 0.241 e. The Morgan fingerprint density at radius 3 is 2.69 bits per heavy atom. The van der Waals surface area contributed by atoms with Crippen LogP contribution >= 0.6 is 11.6 Å². The molecule has 0 bridgehead atoms. The van der Waals surface area contributed by atoms with Crippen LogP contribution in [0.1, 0.15) is 36.6 Å². The second-order valence-electron chi connectivity index (χ2n) is 7.78. The highest BCUT2D eigenvalue weighted by atomic mass is 35.5. The maximum atomic E-state index is 14.0. The largest absolute Gasteiger partial charge is 0.354 e. The van der Waals surface area contributed by atoms with Gasteiger partial charge in [0.25, 0.3) is 0 Å². The van der Waals surface area contributed by atoms with Crippen molar-refractivity contribution in [1.82, 2.24) is 15.1 Å². The molecular formula is C23H29ClFN3O. The molecule has 1 N–H and O–H groups in total. The fourth-order valence-electron chi connectivity index (χ4n) is 4.22. The molecule has 0 aliphatic carbocycles. The van der Waals surface area contributed by atoms with E-state index in [1.54, 1.807) is 6.07 Å². The molecule has 2 aromatic carbocycles. The molecule has 156 valence electrons. The van der Waals surface area contributed by atoms with Crippen molar-refractivity contribution in [2.75, 3.05) is 33.7 Å². The van der Waals surface area contributed by atoms with E-state index in [0.29, 0.717) is 6.54 Å². The number of hydrogen-bond acceptors (Lipinski definition) is 3. The van der Waals surface area contributed by atoms with Gasteiger partial charge in [-0.1, -0.05) is 54.9 Å². The molecule has 1 amide bonds. The first-order chi connectivity index (χ1) is 13.9. The molecule has 3 rings (SSSR count). The zero-order chi connectivity index (χ0) is 21.0. The van der Waals surface area contributed by atoms with Gasteiger partial charge in [0.05, 0.1) is 5.02 Å². The van der Waals surface area contributed by atoms with E-state index in [2.05, 4.69) is 10.2 Å². The third kappa shape index (κ3) is 4.97. The van der Waals surface area contributed by atoms with Crippen LogP contribution < -0.4 is 5.32 Å². The Morgan fingerprint density at radius 1 is 1.31 bits per heavy atom. The summed E-state index contributed by atoms with van der Waals surface area (Å²) in [5.41, 5.74) is 1.88. The standard InChI is InChI=1S/C23H29ClFN3O/c1-4-27(2)22(16-8-6-5-7-9-16)23(29)26-15-18-12-13-28(3)21(18)17-10-11-19(24)20(25)14-17/h5-11,14,18,21-22H,4,12-13,15H2,1-3H3,(H,26,29)/t18-,21-,22-/m0/s1. The number of likely N-dealkylation sites (N-methyl/N-ethyl adjacent to an activating group) is 1. The lowest BCUT2D eigenvalue weighted by molar-refractivity contribution is -0.126. The number of carbonyl (C=O) groups is 1. The first-order valence-corrected chi connectivity index (χ1v) is 10.5. The molecule has 1 saturated heterocycles. The number of hydrogen-bond donors (Lipinski definition) is 1. The van der Waals surface area contributed by atoms with E-state index in [1.807, 2.05) is 62.3 Å². The van der Waals surface area contributed by atoms with Gasteiger partial charge in [-0.25, -0.2) is 4.39 Å². The number of nitrogens with zero attached hydrogens (tertiary/aromatic N) is 2. The highest BCUT2D eigenvalue weighted by Crippen LogP contribution is 2.36. The van der Waals surface area contributed by atoms with E-state index >= 15 is 0 Å². The Morgan fingerprint density at radius 2 is 2.03 bits per heavy atom. The third-order valence-corrected chi connectivity index (χ3v) is 6.21. The molecule has 29 heavy (non-hydrogen) atoms. The lowest BCUT2D eigenvalue weighted by Gasteiger charge is -2.29. The molecule has 1 heterocycles. The van der Waals surface area contributed by atoms with Gasteiger partial charge >= 0.3 is 0 Å². The number of carbonyl (C=O) groups excluding carboxylic acids is 1. The molecule has 0 radical (unpaired) electrons. The number of likely N-dealkylation sites (tertiary alicyclic amines) is 1. The third-order valence-electron chi connectivity index (χ3n) is 5.90. The van der Waals surface area contributed by atoms with Crippen molar-refractivity contribution >= 4 is 17.5 Å². The predicted octanol–water partition coefficient (Wildman–Crippen LogP) is 4.28. The molecule has 0 unspecified atom stereocenters. The van der Waals surface area contributed by atoms with Gasteiger partial charge in [0, 0.05) is 12.6 Å². The van der Waals surface area contributed by atoms with Crippen LogP contribution in [0.2, 0.25) is 5.02 Å². The second-order valence-corrected chi connectivity index (χ2v) is 8.19. The minimum absolute atomic E-state index is 0.00357. The van der Waals surface area contributed by atoms with Crippen LogP contribution in [0.3, 0.4) is 0 Å². The van der Waals surface area contributed by atoms with Crippen molar-refractivity contribution in [1.29, 1.82) is 0 Å². The van der Waals surface area contributed by atoms with Gasteiger partial charge in [0.1, 0.15) is 11.9 Å². The molecule has 0 aromatic heterocycles. The number of halogens is 2. The van der Waals surface area contributed by atoms with E-state index in [4.69, 9.17) is 11.6 Å². The minimum atomic E-state index is -0.402. The van der Waals surface area contributed by atoms with Gasteiger partial charge in [0.15, 0.2) is 0 Å². The first kappa shape index (κ1) is 21.8. The van der Waals surface area contributed by atoms with Crippen LogP contribution in [0, 0.1) is 11.7 Å². The number of benzene rings is 2. The molecule has 1 fully saturated rings. The van der Waals surface area contributed by atoms with Crippen LogP contribution in [-0.2, 0) is 4.79 Å². The molecule has 1 aliphatic heterocycles. The molecular weight excluding hydrogens is 389 g/mol. The fraction of sp³-hybridized carbons (Fsp3) is 0.435. The summed E-state index contributed by atoms with van der Waals surface area (Å²) in [7, 11) is 4.00. The highest BCUT2D eigenvalue weighted by Gasteiger charge is 2.34. The molecule has 1 aliphatic rings. The van der Waals surface area contributed by atoms with Crippen LogP contribution in [-0.4, -0.2) is 49.4 Å². The Hall–Kier alpha value is -1.95. The van der Waals surface area contributed by atoms with Gasteiger partial charge in [-0.05, 0) is 62.8 Å². The van der Waals surface area contributed by atoms with Gasteiger partial charge in [-0.3, -0.25) is 14.6 Å². The van der Waals surface area contributed by atoms with E-state index in [-0.39, 0.29) is 28.9 Å². The normalized spacial score (nSPS) is 20.8. The van der Waals surface area contributed by atoms with Crippen molar-refractivity contribution in [3.8, 4) is 0 Å². The summed E-state index contributed by atoms with van der Waals surface area (Å²) in [4.78, 5) is 17.3. The summed E-state index contributed by atoms with van der Waals surface area (Å²) >= 11 is 5.85. The Bertz CT molecular complexity index is 832. The predicted molar refractivity (Wildman–Crippen MR) is 115 cm³/mol. The molecule has 0 saturated carbocycles. The lowest BCUT2D eigenvalue weighted by Crippen LogP contribution is -2.41. The van der Waals surface area contributed by atoms with E-state index < -0.39 is 5.82 Å². The van der Waals surface area contributed by atoms with Gasteiger partial charge in [-0.2, -0.15) is 0 Å². The Kier molecular flexibility index (Phi) is 7.28. The van der Waals surface area contributed by atoms with Crippen molar-refractivity contribution in [2.45, 2.75) is 25.4 Å². The topological polar surface area (TPSA) is 35.6 Å². The van der Waals surface area contributed by atoms with E-state index in [0.717, 1.165) is 30.6 Å². The monoisotopic (exact) mass is 417 g/mol. The summed E-state index contributed by atoms with van der Waals surface area (Å²) in [6, 6.07) is 14.6. The van der Waals surface area contributed by atoms with Crippen LogP contribution in [0.15, 0.2) is 48.5 Å². The average Bonchev–Trinajstić information content (AvgIpc) is 3.09. The van der Waals surface area contributed by atoms with Crippen LogP contribution in [0.5, 0.6) is 0 Å². The highest BCUT2D eigenvalue weighted by molar-refractivity contribution is 6.30. The summed E-state index contributed by atoms with van der Waals surface area (Å²) < 4.78 is 14.0. The fourth-order valence-corrected chi connectivity index (χ4v) is 4.33. The molecule has 6 heteroatoms. The summed E-state index contributed by atoms with van der Waals surface area (Å²) in [5.74, 6) is -0.190. The van der Waals surface area contributed by atoms with Gasteiger partial charge < -0.3 is 5.32 Å². The molecule has 0 spiro atoms. The van der Waals surface area contributed by atoms with E-state index in [9.17, 15) is 9.18 Å². The SMILES string of the molecule is CCN(C)[C@H](C(=O)NC[C@@H]1CCN(C)[C@H]1c1ccc(Cl)c(F)c1)c1ccccc1. The van der Waals surface area contributed by atoms with Gasteiger partial charge in [0.2, 0.25) is 5.91 Å². The number of rotatable bonds is 7. The number of nitrogens with one attached hydrogen (secondary N) is 1. The average molecular weight is 418 g/mol. The van der Waals surface area contributed by atoms with E-state index in [1.165, 1.54) is 6.07 Å². The van der Waals surface area contributed by atoms with Gasteiger partial charge in [-0.15, -0.1) is 0 Å². The Balaban J connectivity index is 1.72. The Labute approximate surface area is 177 Å². The first-order valence-electron chi connectivity index (χ1n) is 10.1. The molecule has 4 nitrogen and oxygen atoms in total.